The summed E-state index contributed by atoms with van der Waals surface area (Å²) in [6, 6.07) is 5.43. The monoisotopic (exact) mass is 183 g/mol. The van der Waals surface area contributed by atoms with Gasteiger partial charge in [-0.15, -0.1) is 0 Å². The van der Waals surface area contributed by atoms with Crippen LogP contribution >= 0.6 is 0 Å². The summed E-state index contributed by atoms with van der Waals surface area (Å²) in [5.74, 6) is 0. The standard InChI is InChI=1S/C9H5N5/c1-14-9-7(5-12-14)2-6(3-10)8(4-11)13-9/h2,5H,1H3. The molecule has 0 aliphatic heterocycles. The number of aryl methyl sites for hydroxylation is 1. The lowest BCUT2D eigenvalue weighted by Gasteiger charge is -1.95. The van der Waals surface area contributed by atoms with Gasteiger partial charge in [-0.05, 0) is 6.07 Å². The molecule has 0 atom stereocenters. The Kier molecular flexibility index (Phi) is 1.66. The largest absolute Gasteiger partial charge is 0.250 e. The fourth-order valence-electron chi connectivity index (χ4n) is 1.25. The summed E-state index contributed by atoms with van der Waals surface area (Å²) < 4.78 is 1.57. The highest BCUT2D eigenvalue weighted by atomic mass is 15.3. The van der Waals surface area contributed by atoms with Crippen LogP contribution in [0.2, 0.25) is 0 Å². The Labute approximate surface area is 79.8 Å². The third-order valence-electron chi connectivity index (χ3n) is 1.93. The van der Waals surface area contributed by atoms with Crippen LogP contribution in [0.4, 0.5) is 0 Å². The van der Waals surface area contributed by atoms with Crippen molar-refractivity contribution in [3.63, 3.8) is 0 Å². The second kappa shape index (κ2) is 2.82. The second-order valence-corrected chi connectivity index (χ2v) is 2.79. The highest BCUT2D eigenvalue weighted by Crippen LogP contribution is 2.14. The highest BCUT2D eigenvalue weighted by Gasteiger charge is 2.08. The van der Waals surface area contributed by atoms with E-state index in [1.807, 2.05) is 12.1 Å². The Bertz CT molecular complexity index is 581. The third kappa shape index (κ3) is 1.00. The lowest BCUT2D eigenvalue weighted by molar-refractivity contribution is 0.785. The van der Waals surface area contributed by atoms with Crippen molar-refractivity contribution in [3.8, 4) is 12.1 Å². The summed E-state index contributed by atoms with van der Waals surface area (Å²) in [5.41, 5.74) is 1.04. The number of hydrogen-bond acceptors (Lipinski definition) is 4. The van der Waals surface area contributed by atoms with Crippen molar-refractivity contribution in [3.05, 3.63) is 23.5 Å². The van der Waals surface area contributed by atoms with E-state index < -0.39 is 0 Å². The molecule has 2 aromatic heterocycles. The predicted molar refractivity (Wildman–Crippen MR) is 47.9 cm³/mol. The van der Waals surface area contributed by atoms with Crippen LogP contribution in [0.5, 0.6) is 0 Å². The molecule has 0 fully saturated rings. The fourth-order valence-corrected chi connectivity index (χ4v) is 1.25. The second-order valence-electron chi connectivity index (χ2n) is 2.79. The van der Waals surface area contributed by atoms with Crippen LogP contribution < -0.4 is 0 Å². The van der Waals surface area contributed by atoms with Gasteiger partial charge >= 0.3 is 0 Å². The zero-order chi connectivity index (χ0) is 10.1. The average Bonchev–Trinajstić information content (AvgIpc) is 2.58. The molecule has 0 amide bonds. The lowest BCUT2D eigenvalue weighted by Crippen LogP contribution is -1.95. The van der Waals surface area contributed by atoms with E-state index in [9.17, 15) is 0 Å². The summed E-state index contributed by atoms with van der Waals surface area (Å²) in [6.45, 7) is 0. The van der Waals surface area contributed by atoms with Crippen LogP contribution in [-0.2, 0) is 7.05 Å². The van der Waals surface area contributed by atoms with Crippen LogP contribution in [0.1, 0.15) is 11.3 Å². The maximum atomic E-state index is 8.75. The fraction of sp³-hybridized carbons (Fsp3) is 0.111. The van der Waals surface area contributed by atoms with Crippen LogP contribution in [0.3, 0.4) is 0 Å². The van der Waals surface area contributed by atoms with Crippen LogP contribution in [0.15, 0.2) is 12.3 Å². The van der Waals surface area contributed by atoms with Gasteiger partial charge in [-0.25, -0.2) is 4.98 Å². The van der Waals surface area contributed by atoms with Gasteiger partial charge in [0.2, 0.25) is 0 Å². The minimum absolute atomic E-state index is 0.142. The van der Waals surface area contributed by atoms with E-state index in [1.54, 1.807) is 24.0 Å². The molecule has 2 rings (SSSR count). The van der Waals surface area contributed by atoms with Crippen molar-refractivity contribution in [2.45, 2.75) is 0 Å². The van der Waals surface area contributed by atoms with Gasteiger partial charge in [0.25, 0.3) is 0 Å². The van der Waals surface area contributed by atoms with E-state index in [2.05, 4.69) is 10.1 Å². The first-order chi connectivity index (χ1) is 6.76. The van der Waals surface area contributed by atoms with Crippen LogP contribution in [0, 0.1) is 22.7 Å². The van der Waals surface area contributed by atoms with E-state index in [1.165, 1.54) is 0 Å². The molecule has 0 N–H and O–H groups in total. The molecule has 2 heterocycles. The summed E-state index contributed by atoms with van der Waals surface area (Å²) in [6.07, 6.45) is 1.62. The molecule has 5 nitrogen and oxygen atoms in total. The van der Waals surface area contributed by atoms with Gasteiger partial charge in [-0.1, -0.05) is 0 Å². The smallest absolute Gasteiger partial charge is 0.160 e. The molecule has 5 heteroatoms. The molecule has 0 aromatic carbocycles. The Hall–Kier alpha value is -2.40. The van der Waals surface area contributed by atoms with Gasteiger partial charge in [-0.2, -0.15) is 15.6 Å². The first-order valence-electron chi connectivity index (χ1n) is 3.89. The Morgan fingerprint density at radius 1 is 1.36 bits per heavy atom. The topological polar surface area (TPSA) is 78.3 Å². The van der Waals surface area contributed by atoms with E-state index >= 15 is 0 Å². The van der Waals surface area contributed by atoms with Crippen molar-refractivity contribution >= 4 is 11.0 Å². The molecule has 0 radical (unpaired) electrons. The summed E-state index contributed by atoms with van der Waals surface area (Å²) >= 11 is 0. The first-order valence-corrected chi connectivity index (χ1v) is 3.89. The van der Waals surface area contributed by atoms with Gasteiger partial charge in [0.05, 0.1) is 11.8 Å². The first kappa shape index (κ1) is 8.21. The number of rotatable bonds is 0. The molecule has 0 aliphatic rings. The third-order valence-corrected chi connectivity index (χ3v) is 1.93. The van der Waals surface area contributed by atoms with Crippen LogP contribution in [-0.4, -0.2) is 14.8 Å². The summed E-state index contributed by atoms with van der Waals surface area (Å²) in [5, 5.41) is 22.2. The Balaban J connectivity index is 2.88. The van der Waals surface area contributed by atoms with Gasteiger partial charge < -0.3 is 0 Å². The molecule has 0 aliphatic carbocycles. The SMILES string of the molecule is Cn1ncc2cc(C#N)c(C#N)nc21. The molecule has 0 saturated heterocycles. The number of pyridine rings is 1. The molecule has 0 spiro atoms. The minimum atomic E-state index is 0.142. The van der Waals surface area contributed by atoms with Crippen LogP contribution in [0.25, 0.3) is 11.0 Å². The average molecular weight is 183 g/mol. The molecular formula is C9H5N5. The van der Waals surface area contributed by atoms with Crippen molar-refractivity contribution in [2.75, 3.05) is 0 Å². The van der Waals surface area contributed by atoms with Crippen molar-refractivity contribution < 1.29 is 0 Å². The summed E-state index contributed by atoms with van der Waals surface area (Å²) in [4.78, 5) is 4.04. The Morgan fingerprint density at radius 2 is 2.14 bits per heavy atom. The molecule has 2 aromatic rings. The Morgan fingerprint density at radius 3 is 2.79 bits per heavy atom. The maximum absolute atomic E-state index is 8.75. The van der Waals surface area contributed by atoms with Gasteiger partial charge in [0.1, 0.15) is 12.1 Å². The van der Waals surface area contributed by atoms with Gasteiger partial charge in [-0.3, -0.25) is 4.68 Å². The molecule has 66 valence electrons. The number of nitriles is 2. The molecule has 0 saturated carbocycles. The van der Waals surface area contributed by atoms with E-state index in [0.717, 1.165) is 5.39 Å². The quantitative estimate of drug-likeness (QED) is 0.602. The number of nitrogens with zero attached hydrogens (tertiary/aromatic N) is 5. The van der Waals surface area contributed by atoms with Crippen molar-refractivity contribution in [1.82, 2.24) is 14.8 Å². The number of aromatic nitrogens is 3. The highest BCUT2D eigenvalue weighted by molar-refractivity contribution is 5.77. The minimum Gasteiger partial charge on any atom is -0.250 e. The zero-order valence-electron chi connectivity index (χ0n) is 7.39. The van der Waals surface area contributed by atoms with Gasteiger partial charge in [0.15, 0.2) is 11.3 Å². The molecular weight excluding hydrogens is 178 g/mol. The normalized spacial score (nSPS) is 9.64. The zero-order valence-corrected chi connectivity index (χ0v) is 7.39. The summed E-state index contributed by atoms with van der Waals surface area (Å²) in [7, 11) is 1.74. The van der Waals surface area contributed by atoms with Gasteiger partial charge in [0, 0.05) is 12.4 Å². The number of hydrogen-bond donors (Lipinski definition) is 0. The number of fused-ring (bicyclic) bond motifs is 1. The maximum Gasteiger partial charge on any atom is 0.160 e. The van der Waals surface area contributed by atoms with Crippen molar-refractivity contribution in [2.24, 2.45) is 7.05 Å². The lowest BCUT2D eigenvalue weighted by atomic mass is 10.2. The van der Waals surface area contributed by atoms with E-state index in [-0.39, 0.29) is 11.3 Å². The van der Waals surface area contributed by atoms with E-state index in [4.69, 9.17) is 10.5 Å². The van der Waals surface area contributed by atoms with Crippen molar-refractivity contribution in [1.29, 1.82) is 10.5 Å². The molecule has 14 heavy (non-hydrogen) atoms. The molecule has 0 bridgehead atoms. The van der Waals surface area contributed by atoms with E-state index in [0.29, 0.717) is 5.65 Å². The molecule has 0 unspecified atom stereocenters. The predicted octanol–water partition coefficient (Wildman–Crippen LogP) is 0.712.